The molecule has 0 unspecified atom stereocenters. The van der Waals surface area contributed by atoms with Gasteiger partial charge in [-0.3, -0.25) is 4.79 Å². The van der Waals surface area contributed by atoms with Gasteiger partial charge in [-0.05, 0) is 46.8 Å². The van der Waals surface area contributed by atoms with Gasteiger partial charge in [0.15, 0.2) is 0 Å². The maximum atomic E-state index is 12.4. The number of hydrogen-bond acceptors (Lipinski definition) is 5. The van der Waals surface area contributed by atoms with Crippen LogP contribution < -0.4 is 5.32 Å². The number of H-pyrrole nitrogens is 1. The summed E-state index contributed by atoms with van der Waals surface area (Å²) in [6.45, 7) is 3.51. The van der Waals surface area contributed by atoms with Crippen molar-refractivity contribution in [3.05, 3.63) is 50.4 Å². The molecule has 2 aromatic heterocycles. The summed E-state index contributed by atoms with van der Waals surface area (Å²) in [4.78, 5) is 30.3. The Balaban J connectivity index is 1.72. The molecule has 9 nitrogen and oxygen atoms in total. The van der Waals surface area contributed by atoms with Crippen LogP contribution in [-0.2, 0) is 11.3 Å². The van der Waals surface area contributed by atoms with Crippen molar-refractivity contribution in [2.75, 3.05) is 0 Å². The van der Waals surface area contributed by atoms with E-state index >= 15 is 0 Å². The largest absolute Gasteiger partial charge is 0.404 e. The summed E-state index contributed by atoms with van der Waals surface area (Å²) in [5, 5.41) is 17.6. The molecule has 0 saturated carbocycles. The molecule has 3 aromatic rings. The lowest BCUT2D eigenvalue weighted by Crippen LogP contribution is -2.31. The van der Waals surface area contributed by atoms with E-state index in [1.165, 1.54) is 4.68 Å². The third kappa shape index (κ3) is 3.25. The molecule has 130 valence electrons. The van der Waals surface area contributed by atoms with E-state index in [0.717, 1.165) is 11.0 Å². The number of benzene rings is 1. The molecule has 0 aliphatic rings. The summed E-state index contributed by atoms with van der Waals surface area (Å²) in [5.74, 6) is 0.00832. The Labute approximate surface area is 150 Å². The number of hydrogen-bond donors (Lipinski definition) is 2. The Kier molecular flexibility index (Phi) is 4.53. The standard InChI is InChI=1S/C15H15BrN6O3/c1-8-13(16)14(22(24)25)20-21(8)9(2)15(23)17-7-12-18-10-5-3-4-6-11(10)19-12/h3-6,9H,7H2,1-2H3,(H,17,23)(H,18,19)/t9-/m0/s1. The molecule has 2 heterocycles. The van der Waals surface area contributed by atoms with E-state index in [0.29, 0.717) is 11.5 Å². The lowest BCUT2D eigenvalue weighted by atomic mass is 10.3. The fourth-order valence-corrected chi connectivity index (χ4v) is 2.90. The number of nitrogens with one attached hydrogen (secondary N) is 2. The van der Waals surface area contributed by atoms with E-state index in [1.807, 2.05) is 24.3 Å². The minimum Gasteiger partial charge on any atom is -0.358 e. The molecule has 10 heteroatoms. The molecule has 1 atom stereocenters. The highest BCUT2D eigenvalue weighted by Crippen LogP contribution is 2.29. The second kappa shape index (κ2) is 6.63. The fourth-order valence-electron chi connectivity index (χ4n) is 2.50. The van der Waals surface area contributed by atoms with Gasteiger partial charge in [0.25, 0.3) is 0 Å². The second-order valence-corrected chi connectivity index (χ2v) is 6.31. The first-order chi connectivity index (χ1) is 11.9. The van der Waals surface area contributed by atoms with Gasteiger partial charge in [0.2, 0.25) is 5.91 Å². The molecule has 2 N–H and O–H groups in total. The number of para-hydroxylation sites is 2. The van der Waals surface area contributed by atoms with Gasteiger partial charge in [-0.2, -0.15) is 4.68 Å². The minimum atomic E-state index is -0.700. The number of aromatic amines is 1. The molecule has 25 heavy (non-hydrogen) atoms. The molecule has 3 rings (SSSR count). The van der Waals surface area contributed by atoms with E-state index in [2.05, 4.69) is 36.3 Å². The Bertz CT molecular complexity index is 930. The summed E-state index contributed by atoms with van der Waals surface area (Å²) in [6, 6.07) is 6.87. The van der Waals surface area contributed by atoms with E-state index in [1.54, 1.807) is 13.8 Å². The summed E-state index contributed by atoms with van der Waals surface area (Å²) in [6.07, 6.45) is 0. The molecule has 0 aliphatic heterocycles. The van der Waals surface area contributed by atoms with E-state index in [9.17, 15) is 14.9 Å². The van der Waals surface area contributed by atoms with Crippen molar-refractivity contribution in [3.8, 4) is 0 Å². The van der Waals surface area contributed by atoms with Gasteiger partial charge in [-0.25, -0.2) is 4.98 Å². The normalized spacial score (nSPS) is 12.3. The molecule has 0 saturated heterocycles. The topological polar surface area (TPSA) is 119 Å². The number of imidazole rings is 1. The zero-order valence-corrected chi connectivity index (χ0v) is 15.1. The van der Waals surface area contributed by atoms with Crippen LogP contribution in [-0.4, -0.2) is 30.6 Å². The van der Waals surface area contributed by atoms with Crippen molar-refractivity contribution in [1.82, 2.24) is 25.1 Å². The van der Waals surface area contributed by atoms with Crippen LogP contribution in [0.2, 0.25) is 0 Å². The average molecular weight is 407 g/mol. The van der Waals surface area contributed by atoms with Crippen LogP contribution in [0, 0.1) is 17.0 Å². The lowest BCUT2D eigenvalue weighted by molar-refractivity contribution is -0.390. The highest BCUT2D eigenvalue weighted by Gasteiger charge is 2.29. The van der Waals surface area contributed by atoms with Crippen LogP contribution >= 0.6 is 15.9 Å². The number of fused-ring (bicyclic) bond motifs is 1. The first-order valence-corrected chi connectivity index (χ1v) is 8.28. The number of halogens is 1. The highest BCUT2D eigenvalue weighted by molar-refractivity contribution is 9.10. The summed E-state index contributed by atoms with van der Waals surface area (Å²) >= 11 is 3.14. The van der Waals surface area contributed by atoms with Gasteiger partial charge in [0.1, 0.15) is 16.3 Å². The predicted octanol–water partition coefficient (Wildman–Crippen LogP) is 2.62. The van der Waals surface area contributed by atoms with Gasteiger partial charge in [0.05, 0.1) is 28.4 Å². The first-order valence-electron chi connectivity index (χ1n) is 7.48. The molecular weight excluding hydrogens is 392 g/mol. The molecule has 0 bridgehead atoms. The number of aromatic nitrogens is 4. The third-order valence-electron chi connectivity index (χ3n) is 3.85. The van der Waals surface area contributed by atoms with Crippen molar-refractivity contribution < 1.29 is 9.72 Å². The van der Waals surface area contributed by atoms with Crippen LogP contribution in [0.1, 0.15) is 24.5 Å². The Hall–Kier alpha value is -2.75. The Morgan fingerprint density at radius 3 is 2.84 bits per heavy atom. The monoisotopic (exact) mass is 406 g/mol. The number of nitrogens with zero attached hydrogens (tertiary/aromatic N) is 4. The quantitative estimate of drug-likeness (QED) is 0.498. The van der Waals surface area contributed by atoms with Gasteiger partial charge in [0, 0.05) is 0 Å². The smallest absolute Gasteiger partial charge is 0.358 e. The van der Waals surface area contributed by atoms with E-state index in [-0.39, 0.29) is 22.7 Å². The first kappa shape index (κ1) is 17.1. The Morgan fingerprint density at radius 1 is 1.48 bits per heavy atom. The Morgan fingerprint density at radius 2 is 2.20 bits per heavy atom. The lowest BCUT2D eigenvalue weighted by Gasteiger charge is -2.10. The molecule has 1 aromatic carbocycles. The molecule has 1 amide bonds. The predicted molar refractivity (Wildman–Crippen MR) is 94.0 cm³/mol. The van der Waals surface area contributed by atoms with Crippen molar-refractivity contribution in [2.24, 2.45) is 0 Å². The van der Waals surface area contributed by atoms with Gasteiger partial charge in [-0.1, -0.05) is 12.1 Å². The highest BCUT2D eigenvalue weighted by atomic mass is 79.9. The fraction of sp³-hybridized carbons (Fsp3) is 0.267. The van der Waals surface area contributed by atoms with Crippen LogP contribution in [0.5, 0.6) is 0 Å². The minimum absolute atomic E-state index is 0.224. The van der Waals surface area contributed by atoms with Gasteiger partial charge >= 0.3 is 5.82 Å². The van der Waals surface area contributed by atoms with Crippen molar-refractivity contribution >= 4 is 38.7 Å². The van der Waals surface area contributed by atoms with Gasteiger partial charge < -0.3 is 20.4 Å². The van der Waals surface area contributed by atoms with Crippen LogP contribution in [0.15, 0.2) is 28.7 Å². The van der Waals surface area contributed by atoms with Crippen molar-refractivity contribution in [3.63, 3.8) is 0 Å². The summed E-state index contributed by atoms with van der Waals surface area (Å²) < 4.78 is 1.60. The molecule has 0 spiro atoms. The number of carbonyl (C=O) groups excluding carboxylic acids is 1. The average Bonchev–Trinajstić information content (AvgIpc) is 3.13. The van der Waals surface area contributed by atoms with E-state index < -0.39 is 11.0 Å². The van der Waals surface area contributed by atoms with Gasteiger partial charge in [-0.15, -0.1) is 0 Å². The number of nitro groups is 1. The van der Waals surface area contributed by atoms with Crippen LogP contribution in [0.4, 0.5) is 5.82 Å². The van der Waals surface area contributed by atoms with E-state index in [4.69, 9.17) is 0 Å². The maximum Gasteiger partial charge on any atom is 0.404 e. The zero-order valence-electron chi connectivity index (χ0n) is 13.5. The number of carbonyl (C=O) groups is 1. The van der Waals surface area contributed by atoms with Crippen LogP contribution in [0.3, 0.4) is 0 Å². The molecule has 0 fully saturated rings. The van der Waals surface area contributed by atoms with Crippen molar-refractivity contribution in [1.29, 1.82) is 0 Å². The molecule has 0 aliphatic carbocycles. The van der Waals surface area contributed by atoms with Crippen LogP contribution in [0.25, 0.3) is 11.0 Å². The summed E-state index contributed by atoms with van der Waals surface area (Å²) in [5.41, 5.74) is 2.22. The maximum absolute atomic E-state index is 12.4. The molecular formula is C15H15BrN6O3. The summed E-state index contributed by atoms with van der Waals surface area (Å²) in [7, 11) is 0. The SMILES string of the molecule is Cc1c(Br)c([N+](=O)[O-])nn1[C@@H](C)C(=O)NCc1nc2ccccc2[nH]1. The number of amides is 1. The molecule has 0 radical (unpaired) electrons. The second-order valence-electron chi connectivity index (χ2n) is 5.52. The van der Waals surface area contributed by atoms with Crippen molar-refractivity contribution in [2.45, 2.75) is 26.4 Å². The third-order valence-corrected chi connectivity index (χ3v) is 4.78. The zero-order chi connectivity index (χ0) is 18.1. The number of rotatable bonds is 5.